The van der Waals surface area contributed by atoms with Gasteiger partial charge in [0.25, 0.3) is 0 Å². The lowest BCUT2D eigenvalue weighted by Gasteiger charge is -2.14. The molecule has 0 fully saturated rings. The Morgan fingerprint density at radius 3 is 2.50 bits per heavy atom. The topological polar surface area (TPSA) is 77.2 Å². The maximum absolute atomic E-state index is 12.9. The summed E-state index contributed by atoms with van der Waals surface area (Å²) < 4.78 is 18.5. The first-order chi connectivity index (χ1) is 11.4. The van der Waals surface area contributed by atoms with Gasteiger partial charge in [-0.3, -0.25) is 4.79 Å². The van der Waals surface area contributed by atoms with Crippen molar-refractivity contribution in [2.24, 2.45) is 11.7 Å². The van der Waals surface area contributed by atoms with E-state index in [0.717, 1.165) is 5.56 Å². The molecule has 5 nitrogen and oxygen atoms in total. The van der Waals surface area contributed by atoms with Crippen LogP contribution in [0.4, 0.5) is 4.39 Å². The number of carbonyl (C=O) groups is 1. The number of ether oxygens (including phenoxy) is 1. The molecule has 3 N–H and O–H groups in total. The number of hydrogen-bond donors (Lipinski definition) is 2. The van der Waals surface area contributed by atoms with E-state index >= 15 is 0 Å². The van der Waals surface area contributed by atoms with Gasteiger partial charge in [-0.1, -0.05) is 13.8 Å². The Morgan fingerprint density at radius 2 is 1.88 bits per heavy atom. The molecule has 0 aliphatic carbocycles. The molecule has 1 heterocycles. The molecule has 0 unspecified atom stereocenters. The fourth-order valence-corrected chi connectivity index (χ4v) is 2.17. The van der Waals surface area contributed by atoms with Crippen molar-refractivity contribution in [2.45, 2.75) is 32.9 Å². The first-order valence-corrected chi connectivity index (χ1v) is 7.85. The van der Waals surface area contributed by atoms with Crippen LogP contribution < -0.4 is 15.8 Å². The van der Waals surface area contributed by atoms with Crippen LogP contribution in [0.25, 0.3) is 0 Å². The smallest absolute Gasteiger partial charge is 0.237 e. The number of amides is 1. The van der Waals surface area contributed by atoms with Gasteiger partial charge in [-0.05, 0) is 48.2 Å². The van der Waals surface area contributed by atoms with Crippen molar-refractivity contribution in [3.05, 3.63) is 54.0 Å². The number of nitrogens with zero attached hydrogens (tertiary/aromatic N) is 1. The highest BCUT2D eigenvalue weighted by molar-refractivity contribution is 5.85. The zero-order chi connectivity index (χ0) is 17.5. The predicted molar refractivity (Wildman–Crippen MR) is 104 cm³/mol. The van der Waals surface area contributed by atoms with E-state index in [0.29, 0.717) is 30.5 Å². The summed E-state index contributed by atoms with van der Waals surface area (Å²) in [6.07, 6.45) is 2.23. The average molecular weight is 404 g/mol. The van der Waals surface area contributed by atoms with E-state index in [1.165, 1.54) is 24.3 Å². The number of halogens is 3. The van der Waals surface area contributed by atoms with Crippen molar-refractivity contribution >= 4 is 30.7 Å². The van der Waals surface area contributed by atoms with E-state index in [9.17, 15) is 9.18 Å². The lowest BCUT2D eigenvalue weighted by atomic mass is 10.0. The largest absolute Gasteiger partial charge is 0.439 e. The van der Waals surface area contributed by atoms with Gasteiger partial charge in [0.1, 0.15) is 11.6 Å². The maximum atomic E-state index is 12.9. The van der Waals surface area contributed by atoms with Crippen LogP contribution >= 0.6 is 24.8 Å². The molecule has 0 aliphatic heterocycles. The lowest BCUT2D eigenvalue weighted by Crippen LogP contribution is -2.41. The van der Waals surface area contributed by atoms with E-state index in [1.807, 2.05) is 13.8 Å². The summed E-state index contributed by atoms with van der Waals surface area (Å²) in [6, 6.07) is 8.67. The molecule has 1 atom stereocenters. The standard InChI is InChI=1S/C18H22FN3O2.2ClH/c1-12(2)9-16(20)18(23)22-11-13-7-8-21-17(10-13)24-15-5-3-14(19)4-6-15;;/h3-8,10,12,16H,9,11,20H2,1-2H3,(H,22,23);2*1H/t16-;;/m0../s1. The zero-order valence-electron chi connectivity index (χ0n) is 14.6. The Morgan fingerprint density at radius 1 is 1.23 bits per heavy atom. The first kappa shape index (κ1) is 24.1. The fraction of sp³-hybridized carbons (Fsp3) is 0.333. The van der Waals surface area contributed by atoms with Crippen LogP contribution in [0.3, 0.4) is 0 Å². The third-order valence-corrected chi connectivity index (χ3v) is 3.36. The molecule has 144 valence electrons. The van der Waals surface area contributed by atoms with Crippen LogP contribution in [0.5, 0.6) is 11.6 Å². The van der Waals surface area contributed by atoms with Gasteiger partial charge in [-0.2, -0.15) is 0 Å². The number of rotatable bonds is 7. The summed E-state index contributed by atoms with van der Waals surface area (Å²) in [5.74, 6) is 0.720. The van der Waals surface area contributed by atoms with E-state index in [4.69, 9.17) is 10.5 Å². The van der Waals surface area contributed by atoms with Gasteiger partial charge in [0.2, 0.25) is 11.8 Å². The van der Waals surface area contributed by atoms with E-state index < -0.39 is 6.04 Å². The summed E-state index contributed by atoms with van der Waals surface area (Å²) in [4.78, 5) is 16.0. The van der Waals surface area contributed by atoms with Crippen LogP contribution in [0.15, 0.2) is 42.6 Å². The minimum Gasteiger partial charge on any atom is -0.439 e. The number of pyridine rings is 1. The Labute approximate surface area is 165 Å². The second-order valence-electron chi connectivity index (χ2n) is 6.01. The molecular weight excluding hydrogens is 380 g/mol. The SMILES string of the molecule is CC(C)C[C@H](N)C(=O)NCc1ccnc(Oc2ccc(F)cc2)c1.Cl.Cl. The molecule has 0 radical (unpaired) electrons. The normalized spacial score (nSPS) is 11.1. The summed E-state index contributed by atoms with van der Waals surface area (Å²) >= 11 is 0. The highest BCUT2D eigenvalue weighted by Gasteiger charge is 2.14. The minimum atomic E-state index is -0.512. The molecule has 0 saturated heterocycles. The van der Waals surface area contributed by atoms with Gasteiger partial charge in [0, 0.05) is 18.8 Å². The third-order valence-electron chi connectivity index (χ3n) is 3.36. The van der Waals surface area contributed by atoms with Gasteiger partial charge >= 0.3 is 0 Å². The second-order valence-corrected chi connectivity index (χ2v) is 6.01. The molecule has 0 saturated carbocycles. The number of benzene rings is 1. The highest BCUT2D eigenvalue weighted by Crippen LogP contribution is 2.20. The van der Waals surface area contributed by atoms with Crippen LogP contribution in [0.2, 0.25) is 0 Å². The van der Waals surface area contributed by atoms with Gasteiger partial charge in [-0.15, -0.1) is 24.8 Å². The molecule has 1 aromatic heterocycles. The maximum Gasteiger partial charge on any atom is 0.237 e. The number of nitrogens with one attached hydrogen (secondary N) is 1. The number of nitrogens with two attached hydrogens (primary N) is 1. The molecule has 0 bridgehead atoms. The van der Waals surface area contributed by atoms with Crippen molar-refractivity contribution in [3.8, 4) is 11.6 Å². The van der Waals surface area contributed by atoms with Crippen molar-refractivity contribution < 1.29 is 13.9 Å². The van der Waals surface area contributed by atoms with Crippen molar-refractivity contribution in [1.82, 2.24) is 10.3 Å². The van der Waals surface area contributed by atoms with Crippen LogP contribution in [-0.4, -0.2) is 16.9 Å². The second kappa shape index (κ2) is 11.7. The molecular formula is C18H24Cl2FN3O2. The van der Waals surface area contributed by atoms with Crippen molar-refractivity contribution in [1.29, 1.82) is 0 Å². The summed E-state index contributed by atoms with van der Waals surface area (Å²) in [6.45, 7) is 4.39. The fourth-order valence-electron chi connectivity index (χ4n) is 2.17. The lowest BCUT2D eigenvalue weighted by molar-refractivity contribution is -0.122. The van der Waals surface area contributed by atoms with E-state index in [-0.39, 0.29) is 36.5 Å². The van der Waals surface area contributed by atoms with Crippen molar-refractivity contribution in [2.75, 3.05) is 0 Å². The van der Waals surface area contributed by atoms with Gasteiger partial charge in [0.05, 0.1) is 6.04 Å². The summed E-state index contributed by atoms with van der Waals surface area (Å²) in [7, 11) is 0. The van der Waals surface area contributed by atoms with Gasteiger partial charge in [-0.25, -0.2) is 9.37 Å². The van der Waals surface area contributed by atoms with Crippen LogP contribution in [-0.2, 0) is 11.3 Å². The van der Waals surface area contributed by atoms with Gasteiger partial charge < -0.3 is 15.8 Å². The molecule has 2 aromatic rings. The number of carbonyl (C=O) groups excluding carboxylic acids is 1. The number of aromatic nitrogens is 1. The molecule has 1 aromatic carbocycles. The minimum absolute atomic E-state index is 0. The monoisotopic (exact) mass is 403 g/mol. The molecule has 1 amide bonds. The molecule has 0 aliphatic rings. The summed E-state index contributed by atoms with van der Waals surface area (Å²) in [5.41, 5.74) is 6.69. The Balaban J connectivity index is 0.00000312. The third kappa shape index (κ3) is 7.99. The van der Waals surface area contributed by atoms with Crippen LogP contribution in [0, 0.1) is 11.7 Å². The Kier molecular flexibility index (Phi) is 10.8. The van der Waals surface area contributed by atoms with Crippen LogP contribution in [0.1, 0.15) is 25.8 Å². The number of hydrogen-bond acceptors (Lipinski definition) is 4. The predicted octanol–water partition coefficient (Wildman–Crippen LogP) is 3.85. The van der Waals surface area contributed by atoms with Gasteiger partial charge in [0.15, 0.2) is 0 Å². The van der Waals surface area contributed by atoms with Crippen molar-refractivity contribution in [3.63, 3.8) is 0 Å². The molecule has 8 heteroatoms. The molecule has 2 rings (SSSR count). The highest BCUT2D eigenvalue weighted by atomic mass is 35.5. The Bertz CT molecular complexity index is 684. The summed E-state index contributed by atoms with van der Waals surface area (Å²) in [5, 5.41) is 2.81. The van der Waals surface area contributed by atoms with E-state index in [1.54, 1.807) is 18.3 Å². The Hall–Kier alpha value is -1.89. The zero-order valence-corrected chi connectivity index (χ0v) is 16.3. The van der Waals surface area contributed by atoms with E-state index in [2.05, 4.69) is 10.3 Å². The quantitative estimate of drug-likeness (QED) is 0.735. The molecule has 0 spiro atoms. The average Bonchev–Trinajstić information content (AvgIpc) is 2.54. The molecule has 26 heavy (non-hydrogen) atoms. The first-order valence-electron chi connectivity index (χ1n) is 7.85.